The monoisotopic (exact) mass is 753 g/mol. The van der Waals surface area contributed by atoms with Gasteiger partial charge in [-0.25, -0.2) is 4.57 Å². The quantitative estimate of drug-likeness (QED) is 0.0187. The van der Waals surface area contributed by atoms with Crippen LogP contribution in [0.4, 0.5) is 0 Å². The molecule has 0 aliphatic heterocycles. The zero-order chi connectivity index (χ0) is 38.1. The minimum absolute atomic E-state index is 0.0560. The molecule has 11 heteroatoms. The van der Waals surface area contributed by atoms with Crippen LogP contribution >= 0.6 is 7.82 Å². The maximum absolute atomic E-state index is 12.5. The summed E-state index contributed by atoms with van der Waals surface area (Å²) in [6.07, 6.45) is 35.6. The third kappa shape index (κ3) is 26.7. The van der Waals surface area contributed by atoms with Crippen molar-refractivity contribution in [3.63, 3.8) is 0 Å². The molecular weight excluding hydrogens is 681 g/mol. The average molecular weight is 754 g/mol. The lowest BCUT2D eigenvalue weighted by Crippen LogP contribution is -2.25. The molecule has 10 nitrogen and oxygen atoms in total. The van der Waals surface area contributed by atoms with Gasteiger partial charge >= 0.3 is 13.8 Å². The SMILES string of the molecule is CCCCCCCCCCCCCC/C=C/O[C@H](COC(=O)CCC/C=C\C[C@H]1C=CC(=O)[C@@H]1/C=C/[C@@H](O)CCCCC)COP(=O)(O)OCCN. The Kier molecular flexibility index (Phi) is 29.8. The number of rotatable bonds is 35. The predicted octanol–water partition coefficient (Wildman–Crippen LogP) is 9.60. The van der Waals surface area contributed by atoms with E-state index in [0.717, 1.165) is 38.5 Å². The van der Waals surface area contributed by atoms with Gasteiger partial charge in [-0.3, -0.25) is 18.6 Å². The van der Waals surface area contributed by atoms with Gasteiger partial charge in [0.15, 0.2) is 11.9 Å². The molecule has 0 radical (unpaired) electrons. The molecule has 1 aliphatic carbocycles. The Morgan fingerprint density at radius 3 is 2.17 bits per heavy atom. The van der Waals surface area contributed by atoms with Gasteiger partial charge in [0.05, 0.1) is 25.6 Å². The number of carbonyl (C=O) groups excluding carboxylic acids is 2. The summed E-state index contributed by atoms with van der Waals surface area (Å²) in [5.41, 5.74) is 5.35. The smallest absolute Gasteiger partial charge is 0.472 e. The first-order chi connectivity index (χ1) is 25.2. The zero-order valence-corrected chi connectivity index (χ0v) is 33.3. The Bertz CT molecular complexity index is 1080. The number of ether oxygens (including phenoxy) is 2. The second-order valence-electron chi connectivity index (χ2n) is 13.9. The van der Waals surface area contributed by atoms with Crippen LogP contribution in [-0.4, -0.2) is 60.3 Å². The molecule has 0 aromatic heterocycles. The normalized spacial score (nSPS) is 18.5. The van der Waals surface area contributed by atoms with Crippen molar-refractivity contribution in [3.05, 3.63) is 48.8 Å². The first-order valence-corrected chi connectivity index (χ1v) is 21.7. The lowest BCUT2D eigenvalue weighted by Gasteiger charge is -2.19. The van der Waals surface area contributed by atoms with Crippen molar-refractivity contribution in [2.24, 2.45) is 17.6 Å². The van der Waals surface area contributed by atoms with Gasteiger partial charge in [0.25, 0.3) is 0 Å². The standard InChI is InChI=1S/C41H72NO9P/c1-3-5-7-8-9-10-11-12-13-14-15-16-19-23-32-48-38(35-51-52(46,47)50-33-31-42)34-49-41(45)26-22-18-17-21-24-36-27-30-40(44)39(36)29-28-37(43)25-20-6-4-2/h17,21,23,27-30,32,36-39,43H,3-16,18-20,22,24-26,31,33-35,42H2,1-2H3,(H,46,47)/b21-17-,29-28+,32-23+/t36-,37-,38+,39+/m0/s1. The summed E-state index contributed by atoms with van der Waals surface area (Å²) < 4.78 is 33.1. The van der Waals surface area contributed by atoms with Gasteiger partial charge in [-0.2, -0.15) is 0 Å². The highest BCUT2D eigenvalue weighted by molar-refractivity contribution is 7.47. The van der Waals surface area contributed by atoms with E-state index in [4.69, 9.17) is 24.3 Å². The molecule has 1 unspecified atom stereocenters. The van der Waals surface area contributed by atoms with Gasteiger partial charge in [0, 0.05) is 18.9 Å². The number of nitrogens with two attached hydrogens (primary N) is 1. The van der Waals surface area contributed by atoms with Crippen LogP contribution in [0.1, 0.15) is 149 Å². The maximum Gasteiger partial charge on any atom is 0.472 e. The number of phosphoric acid groups is 1. The Morgan fingerprint density at radius 1 is 0.865 bits per heavy atom. The largest absolute Gasteiger partial charge is 0.492 e. The molecule has 0 spiro atoms. The summed E-state index contributed by atoms with van der Waals surface area (Å²) in [4.78, 5) is 34.7. The molecule has 300 valence electrons. The molecule has 5 atom stereocenters. The molecule has 1 aliphatic rings. The molecule has 0 amide bonds. The van der Waals surface area contributed by atoms with E-state index in [1.54, 1.807) is 12.2 Å². The van der Waals surface area contributed by atoms with Gasteiger partial charge in [0.1, 0.15) is 6.61 Å². The summed E-state index contributed by atoms with van der Waals surface area (Å²) in [6.45, 7) is 3.88. The molecule has 0 saturated carbocycles. The van der Waals surface area contributed by atoms with E-state index in [1.165, 1.54) is 70.5 Å². The van der Waals surface area contributed by atoms with Crippen molar-refractivity contribution in [2.75, 3.05) is 26.4 Å². The van der Waals surface area contributed by atoms with Crippen molar-refractivity contribution in [2.45, 2.75) is 161 Å². The third-order valence-electron chi connectivity index (χ3n) is 9.09. The number of unbranched alkanes of at least 4 members (excludes halogenated alkanes) is 15. The van der Waals surface area contributed by atoms with Gasteiger partial charge in [-0.05, 0) is 56.6 Å². The Morgan fingerprint density at radius 2 is 1.50 bits per heavy atom. The number of hydrogen-bond acceptors (Lipinski definition) is 9. The molecule has 0 aromatic rings. The molecular formula is C41H72NO9P. The fourth-order valence-corrected chi connectivity index (χ4v) is 6.68. The van der Waals surface area contributed by atoms with Crippen LogP contribution in [0.15, 0.2) is 48.8 Å². The highest BCUT2D eigenvalue weighted by Crippen LogP contribution is 2.43. The molecule has 1 rings (SSSR count). The highest BCUT2D eigenvalue weighted by atomic mass is 31.2. The summed E-state index contributed by atoms with van der Waals surface area (Å²) >= 11 is 0. The average Bonchev–Trinajstić information content (AvgIpc) is 3.48. The Labute approximate surface area is 315 Å². The number of aliphatic hydroxyl groups is 1. The van der Waals surface area contributed by atoms with Crippen molar-refractivity contribution in [3.8, 4) is 0 Å². The molecule has 0 bridgehead atoms. The first-order valence-electron chi connectivity index (χ1n) is 20.2. The van der Waals surface area contributed by atoms with E-state index < -0.39 is 26.0 Å². The van der Waals surface area contributed by atoms with E-state index in [9.17, 15) is 24.2 Å². The Hall–Kier alpha value is -2.07. The third-order valence-corrected chi connectivity index (χ3v) is 10.1. The number of carbonyl (C=O) groups is 2. The summed E-state index contributed by atoms with van der Waals surface area (Å²) in [7, 11) is -4.31. The van der Waals surface area contributed by atoms with Crippen LogP contribution in [0, 0.1) is 11.8 Å². The number of allylic oxidation sites excluding steroid dienone is 6. The second kappa shape index (κ2) is 32.4. The molecule has 52 heavy (non-hydrogen) atoms. The van der Waals surface area contributed by atoms with E-state index in [-0.39, 0.29) is 50.4 Å². The molecule has 0 fully saturated rings. The lowest BCUT2D eigenvalue weighted by atomic mass is 9.90. The summed E-state index contributed by atoms with van der Waals surface area (Å²) in [6, 6.07) is 0. The number of hydrogen-bond donors (Lipinski definition) is 3. The fraction of sp³-hybridized carbons (Fsp3) is 0.756. The molecule has 0 heterocycles. The minimum Gasteiger partial charge on any atom is -0.492 e. The van der Waals surface area contributed by atoms with Gasteiger partial charge in [-0.1, -0.05) is 134 Å². The van der Waals surface area contributed by atoms with E-state index in [1.807, 2.05) is 30.4 Å². The summed E-state index contributed by atoms with van der Waals surface area (Å²) in [5, 5.41) is 10.2. The van der Waals surface area contributed by atoms with Crippen LogP contribution < -0.4 is 5.73 Å². The fourth-order valence-electron chi connectivity index (χ4n) is 5.91. The van der Waals surface area contributed by atoms with Gasteiger partial charge in [-0.15, -0.1) is 0 Å². The van der Waals surface area contributed by atoms with Gasteiger partial charge in [0.2, 0.25) is 0 Å². The Balaban J connectivity index is 2.37. The van der Waals surface area contributed by atoms with Crippen molar-refractivity contribution >= 4 is 19.6 Å². The zero-order valence-electron chi connectivity index (χ0n) is 32.4. The van der Waals surface area contributed by atoms with Crippen LogP contribution in [0.5, 0.6) is 0 Å². The van der Waals surface area contributed by atoms with Crippen molar-refractivity contribution in [1.29, 1.82) is 0 Å². The van der Waals surface area contributed by atoms with Crippen LogP contribution in [0.3, 0.4) is 0 Å². The topological polar surface area (TPSA) is 155 Å². The van der Waals surface area contributed by atoms with Crippen molar-refractivity contribution in [1.82, 2.24) is 0 Å². The minimum atomic E-state index is -4.31. The van der Waals surface area contributed by atoms with Gasteiger partial charge < -0.3 is 25.2 Å². The molecule has 0 aromatic carbocycles. The van der Waals surface area contributed by atoms with Crippen LogP contribution in [0.2, 0.25) is 0 Å². The number of phosphoric ester groups is 1. The van der Waals surface area contributed by atoms with Crippen LogP contribution in [0.25, 0.3) is 0 Å². The van der Waals surface area contributed by atoms with Crippen molar-refractivity contribution < 1.29 is 42.7 Å². The maximum atomic E-state index is 12.5. The second-order valence-corrected chi connectivity index (χ2v) is 15.3. The first kappa shape index (κ1) is 48.0. The number of ketones is 1. The highest BCUT2D eigenvalue weighted by Gasteiger charge is 2.27. The van der Waals surface area contributed by atoms with E-state index in [0.29, 0.717) is 25.7 Å². The lowest BCUT2D eigenvalue weighted by molar-refractivity contribution is -0.147. The number of esters is 1. The predicted molar refractivity (Wildman–Crippen MR) is 209 cm³/mol. The number of aliphatic hydroxyl groups excluding tert-OH is 1. The molecule has 0 saturated heterocycles. The van der Waals surface area contributed by atoms with Crippen LogP contribution in [-0.2, 0) is 32.7 Å². The van der Waals surface area contributed by atoms with E-state index in [2.05, 4.69) is 13.8 Å². The molecule has 4 N–H and O–H groups in total. The van der Waals surface area contributed by atoms with E-state index >= 15 is 0 Å². The summed E-state index contributed by atoms with van der Waals surface area (Å²) in [5.74, 6) is -0.539.